The van der Waals surface area contributed by atoms with Crippen molar-refractivity contribution < 1.29 is 0 Å². The highest BCUT2D eigenvalue weighted by Gasteiger charge is 2.43. The molecule has 1 atom stereocenters. The topological polar surface area (TPSA) is 15.3 Å². The maximum Gasteiger partial charge on any atom is 0.0309 e. The number of hydrogen-bond acceptors (Lipinski definition) is 2. The molecule has 2 heteroatoms. The van der Waals surface area contributed by atoms with E-state index in [9.17, 15) is 0 Å². The third-order valence-electron chi connectivity index (χ3n) is 6.07. The van der Waals surface area contributed by atoms with Crippen molar-refractivity contribution in [3.8, 4) is 0 Å². The van der Waals surface area contributed by atoms with Crippen LogP contribution in [0.5, 0.6) is 0 Å². The Balaban J connectivity index is 2.10. The standard InChI is InChI=1S/C19H38N2/c1-6-16(7-2)14-21-15-19(11-9-8-10-12-19)20-13-17(21)18(3,4)5/h16-17,20H,6-15H2,1-5H3. The molecule has 2 fully saturated rings. The Bertz CT molecular complexity index is 308. The first-order chi connectivity index (χ1) is 9.90. The molecule has 0 aromatic heterocycles. The quantitative estimate of drug-likeness (QED) is 0.824. The molecule has 1 unspecified atom stereocenters. The van der Waals surface area contributed by atoms with Crippen LogP contribution in [0.2, 0.25) is 0 Å². The average Bonchev–Trinajstić information content (AvgIpc) is 2.44. The Morgan fingerprint density at radius 2 is 1.71 bits per heavy atom. The lowest BCUT2D eigenvalue weighted by atomic mass is 9.75. The van der Waals surface area contributed by atoms with E-state index in [1.807, 2.05) is 0 Å². The zero-order valence-electron chi connectivity index (χ0n) is 15.2. The van der Waals surface area contributed by atoms with Crippen molar-refractivity contribution in [2.45, 2.75) is 91.1 Å². The molecule has 0 bridgehead atoms. The van der Waals surface area contributed by atoms with E-state index in [1.165, 1.54) is 64.6 Å². The molecule has 0 radical (unpaired) electrons. The van der Waals surface area contributed by atoms with Crippen LogP contribution in [0.4, 0.5) is 0 Å². The summed E-state index contributed by atoms with van der Waals surface area (Å²) in [6, 6.07) is 0.686. The van der Waals surface area contributed by atoms with E-state index in [2.05, 4.69) is 44.8 Å². The van der Waals surface area contributed by atoms with Crippen LogP contribution >= 0.6 is 0 Å². The van der Waals surface area contributed by atoms with Crippen LogP contribution in [0.15, 0.2) is 0 Å². The van der Waals surface area contributed by atoms with E-state index >= 15 is 0 Å². The minimum absolute atomic E-state index is 0.370. The van der Waals surface area contributed by atoms with Crippen molar-refractivity contribution in [3.05, 3.63) is 0 Å². The minimum Gasteiger partial charge on any atom is -0.308 e. The molecule has 1 spiro atoms. The molecule has 1 heterocycles. The lowest BCUT2D eigenvalue weighted by Gasteiger charge is -2.53. The molecule has 21 heavy (non-hydrogen) atoms. The molecular weight excluding hydrogens is 256 g/mol. The molecule has 1 aliphatic carbocycles. The molecule has 2 nitrogen and oxygen atoms in total. The van der Waals surface area contributed by atoms with Crippen LogP contribution < -0.4 is 5.32 Å². The summed E-state index contributed by atoms with van der Waals surface area (Å²) in [6.45, 7) is 15.7. The summed E-state index contributed by atoms with van der Waals surface area (Å²) in [5.41, 5.74) is 0.807. The molecule has 2 rings (SSSR count). The van der Waals surface area contributed by atoms with Gasteiger partial charge in [-0.05, 0) is 24.2 Å². The van der Waals surface area contributed by atoms with Gasteiger partial charge in [-0.2, -0.15) is 0 Å². The van der Waals surface area contributed by atoms with Gasteiger partial charge in [0.15, 0.2) is 0 Å². The Morgan fingerprint density at radius 3 is 2.24 bits per heavy atom. The second-order valence-corrected chi connectivity index (χ2v) is 8.72. The number of rotatable bonds is 4. The SMILES string of the molecule is CCC(CC)CN1CC2(CCCCC2)NCC1C(C)(C)C. The Labute approximate surface area is 133 Å². The van der Waals surface area contributed by atoms with Gasteiger partial charge in [-0.15, -0.1) is 0 Å². The van der Waals surface area contributed by atoms with E-state index in [1.54, 1.807) is 0 Å². The zero-order valence-corrected chi connectivity index (χ0v) is 15.2. The summed E-state index contributed by atoms with van der Waals surface area (Å²) in [5, 5.41) is 3.99. The molecule has 0 aromatic rings. The Morgan fingerprint density at radius 1 is 1.10 bits per heavy atom. The van der Waals surface area contributed by atoms with Crippen LogP contribution in [0, 0.1) is 11.3 Å². The van der Waals surface area contributed by atoms with Gasteiger partial charge in [0.25, 0.3) is 0 Å². The van der Waals surface area contributed by atoms with Gasteiger partial charge in [-0.25, -0.2) is 0 Å². The third-order valence-corrected chi connectivity index (χ3v) is 6.07. The van der Waals surface area contributed by atoms with Gasteiger partial charge in [0.2, 0.25) is 0 Å². The predicted octanol–water partition coefficient (Wildman–Crippen LogP) is 4.45. The number of nitrogens with zero attached hydrogens (tertiary/aromatic N) is 1. The molecule has 0 aromatic carbocycles. The number of nitrogens with one attached hydrogen (secondary N) is 1. The monoisotopic (exact) mass is 294 g/mol. The second kappa shape index (κ2) is 7.00. The number of piperazine rings is 1. The molecule has 1 aliphatic heterocycles. The second-order valence-electron chi connectivity index (χ2n) is 8.72. The van der Waals surface area contributed by atoms with Crippen LogP contribution in [-0.4, -0.2) is 36.1 Å². The molecule has 124 valence electrons. The number of hydrogen-bond donors (Lipinski definition) is 1. The minimum atomic E-state index is 0.370. The summed E-state index contributed by atoms with van der Waals surface area (Å²) in [7, 11) is 0. The van der Waals surface area contributed by atoms with Gasteiger partial charge in [0, 0.05) is 31.2 Å². The van der Waals surface area contributed by atoms with Crippen molar-refractivity contribution >= 4 is 0 Å². The van der Waals surface area contributed by atoms with Gasteiger partial charge in [-0.3, -0.25) is 4.90 Å². The predicted molar refractivity (Wildman–Crippen MR) is 92.7 cm³/mol. The highest BCUT2D eigenvalue weighted by molar-refractivity contribution is 5.02. The van der Waals surface area contributed by atoms with Crippen molar-refractivity contribution in [2.24, 2.45) is 11.3 Å². The first kappa shape index (κ1) is 17.3. The summed E-state index contributed by atoms with van der Waals surface area (Å²) in [6.07, 6.45) is 9.72. The van der Waals surface area contributed by atoms with Gasteiger partial charge in [-0.1, -0.05) is 66.7 Å². The van der Waals surface area contributed by atoms with Crippen LogP contribution in [-0.2, 0) is 0 Å². The highest BCUT2D eigenvalue weighted by Crippen LogP contribution is 2.36. The molecule has 1 saturated carbocycles. The van der Waals surface area contributed by atoms with Crippen LogP contribution in [0.3, 0.4) is 0 Å². The molecule has 0 amide bonds. The van der Waals surface area contributed by atoms with Crippen molar-refractivity contribution in [2.75, 3.05) is 19.6 Å². The lowest BCUT2D eigenvalue weighted by Crippen LogP contribution is -2.67. The average molecular weight is 295 g/mol. The van der Waals surface area contributed by atoms with E-state index in [-0.39, 0.29) is 0 Å². The lowest BCUT2D eigenvalue weighted by molar-refractivity contribution is -0.00151. The first-order valence-electron chi connectivity index (χ1n) is 9.39. The fraction of sp³-hybridized carbons (Fsp3) is 1.00. The van der Waals surface area contributed by atoms with Gasteiger partial charge >= 0.3 is 0 Å². The molecular formula is C19H38N2. The molecule has 1 N–H and O–H groups in total. The summed E-state index contributed by atoms with van der Waals surface area (Å²) >= 11 is 0. The van der Waals surface area contributed by atoms with E-state index in [4.69, 9.17) is 0 Å². The zero-order chi connectivity index (χ0) is 15.5. The van der Waals surface area contributed by atoms with Gasteiger partial charge in [0.05, 0.1) is 0 Å². The largest absolute Gasteiger partial charge is 0.308 e. The maximum atomic E-state index is 3.99. The highest BCUT2D eigenvalue weighted by atomic mass is 15.3. The summed E-state index contributed by atoms with van der Waals surface area (Å²) < 4.78 is 0. The van der Waals surface area contributed by atoms with Crippen molar-refractivity contribution in [3.63, 3.8) is 0 Å². The summed E-state index contributed by atoms with van der Waals surface area (Å²) in [5.74, 6) is 0.869. The molecule has 2 aliphatic rings. The van der Waals surface area contributed by atoms with Gasteiger partial charge in [0.1, 0.15) is 0 Å². The third kappa shape index (κ3) is 4.22. The fourth-order valence-electron chi connectivity index (χ4n) is 4.48. The molecule has 1 saturated heterocycles. The first-order valence-corrected chi connectivity index (χ1v) is 9.39. The maximum absolute atomic E-state index is 3.99. The Kier molecular flexibility index (Phi) is 5.76. The summed E-state index contributed by atoms with van der Waals surface area (Å²) in [4.78, 5) is 2.86. The van der Waals surface area contributed by atoms with E-state index in [0.29, 0.717) is 17.0 Å². The van der Waals surface area contributed by atoms with Crippen LogP contribution in [0.25, 0.3) is 0 Å². The van der Waals surface area contributed by atoms with E-state index in [0.717, 1.165) is 5.92 Å². The van der Waals surface area contributed by atoms with Gasteiger partial charge < -0.3 is 5.32 Å². The smallest absolute Gasteiger partial charge is 0.0309 e. The van der Waals surface area contributed by atoms with Crippen molar-refractivity contribution in [1.29, 1.82) is 0 Å². The Hall–Kier alpha value is -0.0800. The van der Waals surface area contributed by atoms with E-state index < -0.39 is 0 Å². The van der Waals surface area contributed by atoms with Crippen molar-refractivity contribution in [1.82, 2.24) is 10.2 Å². The fourth-order valence-corrected chi connectivity index (χ4v) is 4.48. The van der Waals surface area contributed by atoms with Crippen LogP contribution in [0.1, 0.15) is 79.6 Å². The normalized spacial score (nSPS) is 27.4.